The van der Waals surface area contributed by atoms with Crippen molar-refractivity contribution in [1.29, 1.82) is 0 Å². The molecule has 0 atom stereocenters. The van der Waals surface area contributed by atoms with Crippen molar-refractivity contribution in [3.05, 3.63) is 133 Å². The molecular weight excluding hydrogens is 414 g/mol. The summed E-state index contributed by atoms with van der Waals surface area (Å²) in [6, 6.07) is -21.6. The Bertz CT molecular complexity index is 2500. The molecule has 2 heteroatoms. The molecular formula is C31H25NSi. The van der Waals surface area contributed by atoms with E-state index in [1.165, 1.54) is 7.05 Å². The van der Waals surface area contributed by atoms with Gasteiger partial charge in [0.05, 0.1) is 30.2 Å². The SMILES string of the molecule is [2H]c1c([2H])c([2H])c([Si](c2c([2H])c([2H])c([2H])c([2H])c2[2H])(c2c([2H])c([2H])c([2H])c([2H])c2[2H])c2c([2H])c([2H])c3c(c2[2H])c2c([2H])c([2H])c([2H])c([2H])c2n3C)c([2H])c1[2H]. The van der Waals surface area contributed by atoms with Crippen molar-refractivity contribution in [2.45, 2.75) is 0 Å². The molecule has 0 radical (unpaired) electrons. The Balaban J connectivity index is 2.18. The van der Waals surface area contributed by atoms with Crippen LogP contribution in [0.15, 0.2) is 133 Å². The van der Waals surface area contributed by atoms with Crippen molar-refractivity contribution in [2.75, 3.05) is 0 Å². The van der Waals surface area contributed by atoms with Crippen LogP contribution in [0.5, 0.6) is 0 Å². The molecule has 0 amide bonds. The Morgan fingerprint density at radius 3 is 1.48 bits per heavy atom. The maximum Gasteiger partial charge on any atom is 0.179 e. The third-order valence-corrected chi connectivity index (χ3v) is 9.38. The highest BCUT2D eigenvalue weighted by Crippen LogP contribution is 2.27. The summed E-state index contributed by atoms with van der Waals surface area (Å²) in [6.07, 6.45) is 0. The standard InChI is InChI=1S/C31H25NSi/c1-32-30-20-12-11-19-28(30)29-23-27(21-22-31(29)32)33(24-13-5-2-6-14-24,25-15-7-3-8-16-25)26-17-9-4-10-18-26/h2-23H,1H3/i2D,3D,4D,5D,6D,7D,8D,9D,10D,11D,12D,13D,14D,15D,16D,17D,18D,19D,20D,21D,22D,23D. The molecule has 0 N–H and O–H groups in total. The molecule has 0 aliphatic carbocycles. The van der Waals surface area contributed by atoms with Gasteiger partial charge in [-0.25, -0.2) is 0 Å². The van der Waals surface area contributed by atoms with E-state index < -0.39 is 167 Å². The summed E-state index contributed by atoms with van der Waals surface area (Å²) < 4.78 is 196. The Hall–Kier alpha value is -3.88. The minimum Gasteiger partial charge on any atom is -0.344 e. The lowest BCUT2D eigenvalue weighted by atomic mass is 10.1. The maximum atomic E-state index is 9.84. The van der Waals surface area contributed by atoms with Crippen molar-refractivity contribution >= 4 is 50.6 Å². The molecule has 0 spiro atoms. The van der Waals surface area contributed by atoms with Gasteiger partial charge in [-0.05, 0) is 32.8 Å². The number of benzene rings is 5. The van der Waals surface area contributed by atoms with Crippen LogP contribution in [0.25, 0.3) is 21.8 Å². The van der Waals surface area contributed by atoms with Gasteiger partial charge in [-0.2, -0.15) is 0 Å². The van der Waals surface area contributed by atoms with Crippen LogP contribution in [0.1, 0.15) is 30.2 Å². The summed E-state index contributed by atoms with van der Waals surface area (Å²) in [5, 5.41) is -4.60. The molecule has 0 unspecified atom stereocenters. The minimum absolute atomic E-state index is 0.236. The highest BCUT2D eigenvalue weighted by atomic mass is 28.3. The first kappa shape index (κ1) is 7.31. The zero-order valence-electron chi connectivity index (χ0n) is 38.9. The van der Waals surface area contributed by atoms with Crippen LogP contribution < -0.4 is 20.7 Å². The van der Waals surface area contributed by atoms with Gasteiger partial charge in [0.25, 0.3) is 0 Å². The average molecular weight is 462 g/mol. The monoisotopic (exact) mass is 461 g/mol. The second-order valence-corrected chi connectivity index (χ2v) is 10.5. The first-order chi connectivity index (χ1) is 25.4. The van der Waals surface area contributed by atoms with Crippen molar-refractivity contribution in [1.82, 2.24) is 4.57 Å². The van der Waals surface area contributed by atoms with E-state index in [0.29, 0.717) is 0 Å². The Morgan fingerprint density at radius 2 is 0.939 bits per heavy atom. The van der Waals surface area contributed by atoms with E-state index in [1.54, 1.807) is 0 Å². The molecule has 1 nitrogen and oxygen atoms in total. The van der Waals surface area contributed by atoms with Crippen LogP contribution in [0.2, 0.25) is 0 Å². The molecule has 0 aliphatic rings. The van der Waals surface area contributed by atoms with Gasteiger partial charge < -0.3 is 4.57 Å². The van der Waals surface area contributed by atoms with Gasteiger partial charge in [-0.3, -0.25) is 0 Å². The van der Waals surface area contributed by atoms with Crippen LogP contribution in [0.3, 0.4) is 0 Å². The van der Waals surface area contributed by atoms with Crippen molar-refractivity contribution < 1.29 is 30.2 Å². The van der Waals surface area contributed by atoms with Gasteiger partial charge in [0.2, 0.25) is 0 Å². The number of hydrogen-bond acceptors (Lipinski definition) is 0. The van der Waals surface area contributed by atoms with Crippen LogP contribution >= 0.6 is 0 Å². The lowest BCUT2D eigenvalue weighted by molar-refractivity contribution is 1.01. The van der Waals surface area contributed by atoms with Crippen molar-refractivity contribution in [3.63, 3.8) is 0 Å². The number of aromatic nitrogens is 1. The van der Waals surface area contributed by atoms with E-state index in [9.17, 15) is 12.3 Å². The summed E-state index contributed by atoms with van der Waals surface area (Å²) in [6.45, 7) is 0. The van der Waals surface area contributed by atoms with E-state index in [4.69, 9.17) is 17.8 Å². The van der Waals surface area contributed by atoms with Crippen LogP contribution in [-0.2, 0) is 7.05 Å². The molecule has 0 bridgehead atoms. The molecule has 158 valence electrons. The van der Waals surface area contributed by atoms with Gasteiger partial charge in [0.15, 0.2) is 8.07 Å². The second kappa shape index (κ2) is 7.91. The fraction of sp³-hybridized carbons (Fsp3) is 0.0323. The molecule has 6 rings (SSSR count). The maximum absolute atomic E-state index is 9.84. The first-order valence-corrected chi connectivity index (χ1v) is 11.6. The van der Waals surface area contributed by atoms with Crippen LogP contribution in [0, 0.1) is 0 Å². The van der Waals surface area contributed by atoms with Crippen molar-refractivity contribution in [2.24, 2.45) is 7.05 Å². The van der Waals surface area contributed by atoms with Crippen molar-refractivity contribution in [3.8, 4) is 0 Å². The number of hydrogen-bond donors (Lipinski definition) is 0. The normalized spacial score (nSPS) is 21.1. The van der Waals surface area contributed by atoms with E-state index in [0.717, 1.165) is 4.57 Å². The van der Waals surface area contributed by atoms with E-state index >= 15 is 0 Å². The number of rotatable bonds is 4. The second-order valence-electron chi connectivity index (χ2n) is 7.01. The summed E-state index contributed by atoms with van der Waals surface area (Å²) in [5.41, 5.74) is -0.549. The van der Waals surface area contributed by atoms with Crippen LogP contribution in [0.4, 0.5) is 0 Å². The molecule has 1 heterocycles. The van der Waals surface area contributed by atoms with E-state index in [-0.39, 0.29) is 16.4 Å². The Labute approximate surface area is 226 Å². The highest BCUT2D eigenvalue weighted by molar-refractivity contribution is 7.20. The lowest BCUT2D eigenvalue weighted by Crippen LogP contribution is -2.74. The smallest absolute Gasteiger partial charge is 0.179 e. The number of aryl methyl sites for hydroxylation is 1. The zero-order valence-corrected chi connectivity index (χ0v) is 17.9. The number of fused-ring (bicyclic) bond motifs is 3. The van der Waals surface area contributed by atoms with E-state index in [1.807, 2.05) is 0 Å². The fourth-order valence-corrected chi connectivity index (χ4v) is 7.49. The average Bonchev–Trinajstić information content (AvgIpc) is 3.46. The Morgan fingerprint density at radius 1 is 0.485 bits per heavy atom. The fourth-order valence-electron chi connectivity index (χ4n) is 3.93. The first-order valence-electron chi connectivity index (χ1n) is 20.6. The third-order valence-electron chi connectivity index (χ3n) is 5.38. The van der Waals surface area contributed by atoms with Gasteiger partial charge in [0, 0.05) is 28.9 Å². The quantitative estimate of drug-likeness (QED) is 0.265. The molecule has 6 aromatic rings. The van der Waals surface area contributed by atoms with Gasteiger partial charge in [0.1, 0.15) is 0 Å². The largest absolute Gasteiger partial charge is 0.344 e. The topological polar surface area (TPSA) is 4.93 Å². The molecule has 1 aromatic heterocycles. The van der Waals surface area contributed by atoms with Gasteiger partial charge in [-0.1, -0.05) is 121 Å². The Kier molecular flexibility index (Phi) is 1.75. The zero-order chi connectivity index (χ0) is 41.4. The number of nitrogens with zero attached hydrogens (tertiary/aromatic N) is 1. The summed E-state index contributed by atoms with van der Waals surface area (Å²) >= 11 is 0. The summed E-state index contributed by atoms with van der Waals surface area (Å²) in [7, 11) is -4.69. The lowest BCUT2D eigenvalue weighted by Gasteiger charge is -2.34. The predicted molar refractivity (Wildman–Crippen MR) is 144 cm³/mol. The van der Waals surface area contributed by atoms with Crippen LogP contribution in [-0.4, -0.2) is 12.6 Å². The molecule has 5 aromatic carbocycles. The summed E-state index contributed by atoms with van der Waals surface area (Å²) in [5.74, 6) is 0. The minimum atomic E-state index is -5.99. The molecule has 0 saturated carbocycles. The van der Waals surface area contributed by atoms with Gasteiger partial charge >= 0.3 is 0 Å². The summed E-state index contributed by atoms with van der Waals surface area (Å²) in [4.78, 5) is 0. The number of para-hydroxylation sites is 1. The third kappa shape index (κ3) is 2.99. The molecule has 0 fully saturated rings. The predicted octanol–water partition coefficient (Wildman–Crippen LogP) is 4.71. The molecule has 33 heavy (non-hydrogen) atoms. The highest BCUT2D eigenvalue weighted by Gasteiger charge is 2.41. The van der Waals surface area contributed by atoms with E-state index in [2.05, 4.69) is 0 Å². The molecule has 0 saturated heterocycles. The van der Waals surface area contributed by atoms with Gasteiger partial charge in [-0.15, -0.1) is 0 Å². The molecule has 0 aliphatic heterocycles.